The molecule has 0 atom stereocenters. The number of thiazole rings is 1. The van der Waals surface area contributed by atoms with E-state index in [9.17, 15) is 13.2 Å². The third kappa shape index (κ3) is 6.27. The van der Waals surface area contributed by atoms with E-state index in [1.165, 1.54) is 12.8 Å². The number of aromatic nitrogens is 1. The molecule has 0 amide bonds. The van der Waals surface area contributed by atoms with Gasteiger partial charge in [0.05, 0.1) is 13.2 Å². The van der Waals surface area contributed by atoms with Crippen LogP contribution >= 0.6 is 11.3 Å². The molecule has 0 saturated heterocycles. The normalized spacial score (nSPS) is 15.6. The van der Waals surface area contributed by atoms with Gasteiger partial charge in [-0.05, 0) is 25.7 Å². The van der Waals surface area contributed by atoms with E-state index in [1.807, 2.05) is 18.9 Å². The minimum atomic E-state index is -4.40. The van der Waals surface area contributed by atoms with Crippen LogP contribution in [-0.4, -0.2) is 49.2 Å². The lowest BCUT2D eigenvalue weighted by Gasteiger charge is -2.21. The van der Waals surface area contributed by atoms with E-state index in [-0.39, 0.29) is 6.54 Å². The van der Waals surface area contributed by atoms with E-state index in [1.54, 1.807) is 0 Å². The minimum absolute atomic E-state index is 0.121. The maximum Gasteiger partial charge on any atom is 0.434 e. The number of ether oxygens (including phenoxy) is 1. The average Bonchev–Trinajstić information content (AvgIpc) is 3.21. The Labute approximate surface area is 143 Å². The molecule has 1 aliphatic rings. The standard InChI is InChI=1S/C15H23F3N4OS/c1-3-19-14(22(2)6-7-23-9-11-4-5-11)20-8-13-21-12(10-24-13)15(16,17)18/h10-11H,3-9H2,1-2H3,(H,19,20). The van der Waals surface area contributed by atoms with Crippen LogP contribution in [0.5, 0.6) is 0 Å². The van der Waals surface area contributed by atoms with E-state index in [0.29, 0.717) is 30.7 Å². The van der Waals surface area contributed by atoms with Crippen molar-refractivity contribution in [3.8, 4) is 0 Å². The van der Waals surface area contributed by atoms with Crippen LogP contribution in [0.15, 0.2) is 10.4 Å². The highest BCUT2D eigenvalue weighted by molar-refractivity contribution is 7.09. The quantitative estimate of drug-likeness (QED) is 0.438. The summed E-state index contributed by atoms with van der Waals surface area (Å²) in [6, 6.07) is 0. The molecule has 24 heavy (non-hydrogen) atoms. The second-order valence-electron chi connectivity index (χ2n) is 5.73. The van der Waals surface area contributed by atoms with Gasteiger partial charge in [0.15, 0.2) is 11.7 Å². The van der Waals surface area contributed by atoms with Crippen LogP contribution in [0.3, 0.4) is 0 Å². The van der Waals surface area contributed by atoms with Gasteiger partial charge >= 0.3 is 6.18 Å². The first-order valence-corrected chi connectivity index (χ1v) is 8.87. The third-order valence-corrected chi connectivity index (χ3v) is 4.36. The Bertz CT molecular complexity index is 543. The molecule has 5 nitrogen and oxygen atoms in total. The summed E-state index contributed by atoms with van der Waals surface area (Å²) in [6.07, 6.45) is -1.89. The molecule has 2 rings (SSSR count). The summed E-state index contributed by atoms with van der Waals surface area (Å²) in [7, 11) is 1.88. The molecule has 1 fully saturated rings. The summed E-state index contributed by atoms with van der Waals surface area (Å²) < 4.78 is 43.3. The minimum Gasteiger partial charge on any atom is -0.379 e. The van der Waals surface area contributed by atoms with Crippen molar-refractivity contribution in [3.63, 3.8) is 0 Å². The molecule has 0 aliphatic heterocycles. The van der Waals surface area contributed by atoms with Gasteiger partial charge in [0.25, 0.3) is 0 Å². The molecule has 0 bridgehead atoms. The van der Waals surface area contributed by atoms with E-state index >= 15 is 0 Å². The summed E-state index contributed by atoms with van der Waals surface area (Å²) in [5, 5.41) is 4.49. The summed E-state index contributed by atoms with van der Waals surface area (Å²) >= 11 is 0.971. The molecule has 1 aromatic rings. The molecule has 9 heteroatoms. The van der Waals surface area contributed by atoms with Crippen molar-refractivity contribution in [2.24, 2.45) is 10.9 Å². The SMILES string of the molecule is CCNC(=NCc1nc(C(F)(F)F)cs1)N(C)CCOCC1CC1. The van der Waals surface area contributed by atoms with Crippen LogP contribution in [0.1, 0.15) is 30.5 Å². The van der Waals surface area contributed by atoms with Crippen LogP contribution in [0.2, 0.25) is 0 Å². The van der Waals surface area contributed by atoms with Gasteiger partial charge < -0.3 is 15.0 Å². The van der Waals surface area contributed by atoms with E-state index in [4.69, 9.17) is 4.74 Å². The molecule has 0 unspecified atom stereocenters. The Morgan fingerprint density at radius 3 is 2.83 bits per heavy atom. The summed E-state index contributed by atoms with van der Waals surface area (Å²) in [5.41, 5.74) is -0.857. The zero-order chi connectivity index (χ0) is 17.6. The molecular weight excluding hydrogens is 341 g/mol. The highest BCUT2D eigenvalue weighted by Crippen LogP contribution is 2.30. The van der Waals surface area contributed by atoms with Gasteiger partial charge in [0.1, 0.15) is 5.01 Å². The second-order valence-corrected chi connectivity index (χ2v) is 6.68. The molecule has 136 valence electrons. The van der Waals surface area contributed by atoms with Crippen molar-refractivity contribution < 1.29 is 17.9 Å². The first kappa shape index (κ1) is 19.0. The smallest absolute Gasteiger partial charge is 0.379 e. The number of nitrogens with zero attached hydrogens (tertiary/aromatic N) is 3. The number of alkyl halides is 3. The largest absolute Gasteiger partial charge is 0.434 e. The molecule has 1 heterocycles. The lowest BCUT2D eigenvalue weighted by atomic mass is 10.5. The maximum atomic E-state index is 12.6. The number of aliphatic imine (C=N–C) groups is 1. The van der Waals surface area contributed by atoms with Gasteiger partial charge in [0.2, 0.25) is 0 Å². The zero-order valence-electron chi connectivity index (χ0n) is 13.9. The lowest BCUT2D eigenvalue weighted by Crippen LogP contribution is -2.40. The van der Waals surface area contributed by atoms with Crippen LogP contribution in [0.25, 0.3) is 0 Å². The number of nitrogens with one attached hydrogen (secondary N) is 1. The zero-order valence-corrected chi connectivity index (χ0v) is 14.7. The van der Waals surface area contributed by atoms with Crippen molar-refractivity contribution >= 4 is 17.3 Å². The van der Waals surface area contributed by atoms with Crippen molar-refractivity contribution in [1.82, 2.24) is 15.2 Å². The second kappa shape index (κ2) is 8.66. The van der Waals surface area contributed by atoms with Gasteiger partial charge in [-0.1, -0.05) is 0 Å². The Morgan fingerprint density at radius 1 is 1.50 bits per heavy atom. The Balaban J connectivity index is 1.85. The van der Waals surface area contributed by atoms with Crippen LogP contribution in [0, 0.1) is 5.92 Å². The molecule has 1 saturated carbocycles. The molecule has 1 N–H and O–H groups in total. The van der Waals surface area contributed by atoms with Crippen molar-refractivity contribution in [1.29, 1.82) is 0 Å². The van der Waals surface area contributed by atoms with Crippen LogP contribution in [-0.2, 0) is 17.5 Å². The molecule has 0 radical (unpaired) electrons. The van der Waals surface area contributed by atoms with Crippen LogP contribution < -0.4 is 5.32 Å². The maximum absolute atomic E-state index is 12.6. The number of hydrogen-bond acceptors (Lipinski definition) is 4. The highest BCUT2D eigenvalue weighted by atomic mass is 32.1. The fourth-order valence-electron chi connectivity index (χ4n) is 1.97. The van der Waals surface area contributed by atoms with Gasteiger partial charge in [0, 0.05) is 32.1 Å². The van der Waals surface area contributed by atoms with Gasteiger partial charge in [-0.2, -0.15) is 13.2 Å². The van der Waals surface area contributed by atoms with Gasteiger partial charge in [-0.25, -0.2) is 9.98 Å². The monoisotopic (exact) mass is 364 g/mol. The predicted octanol–water partition coefficient (Wildman–Crippen LogP) is 2.99. The predicted molar refractivity (Wildman–Crippen MR) is 88.1 cm³/mol. The molecule has 1 aromatic heterocycles. The van der Waals surface area contributed by atoms with E-state index < -0.39 is 11.9 Å². The lowest BCUT2D eigenvalue weighted by molar-refractivity contribution is -0.140. The number of hydrogen-bond donors (Lipinski definition) is 1. The van der Waals surface area contributed by atoms with E-state index in [2.05, 4.69) is 15.3 Å². The number of guanidine groups is 1. The van der Waals surface area contributed by atoms with E-state index in [0.717, 1.165) is 29.2 Å². The molecule has 0 aromatic carbocycles. The van der Waals surface area contributed by atoms with Crippen molar-refractivity contribution in [2.45, 2.75) is 32.5 Å². The Morgan fingerprint density at radius 2 is 2.25 bits per heavy atom. The number of rotatable bonds is 8. The molecule has 0 spiro atoms. The van der Waals surface area contributed by atoms with Gasteiger partial charge in [-0.3, -0.25) is 0 Å². The summed E-state index contributed by atoms with van der Waals surface area (Å²) in [6.45, 7) is 4.82. The van der Waals surface area contributed by atoms with Gasteiger partial charge in [-0.15, -0.1) is 11.3 Å². The van der Waals surface area contributed by atoms with Crippen LogP contribution in [0.4, 0.5) is 13.2 Å². The van der Waals surface area contributed by atoms with Crippen molar-refractivity contribution in [2.75, 3.05) is 33.4 Å². The first-order chi connectivity index (χ1) is 11.4. The summed E-state index contributed by atoms with van der Waals surface area (Å²) in [4.78, 5) is 9.86. The highest BCUT2D eigenvalue weighted by Gasteiger charge is 2.33. The Hall–Kier alpha value is -1.35. The first-order valence-electron chi connectivity index (χ1n) is 7.99. The number of likely N-dealkylation sites (N-methyl/N-ethyl adjacent to an activating group) is 1. The fraction of sp³-hybridized carbons (Fsp3) is 0.733. The molecule has 1 aliphatic carbocycles. The topological polar surface area (TPSA) is 49.8 Å². The fourth-order valence-corrected chi connectivity index (χ4v) is 2.69. The Kier molecular flexibility index (Phi) is 6.85. The van der Waals surface area contributed by atoms with Crippen molar-refractivity contribution in [3.05, 3.63) is 16.1 Å². The number of halogens is 3. The average molecular weight is 364 g/mol. The summed E-state index contributed by atoms with van der Waals surface area (Å²) in [5.74, 6) is 1.36. The molecular formula is C15H23F3N4OS. The third-order valence-electron chi connectivity index (χ3n) is 3.52.